The standard InChI is InChI=1S/C25H28N2S2/c1-19(2)17-24(21-9-5-3-6-10-21)27-25(28)26-22-15-13-20(14-16-22)18-29-23-11-7-4-8-12-23/h3-16,19,24H,17-18H2,1-2H3,(H2,26,27,28)/t24-/m0/s1. The van der Waals surface area contributed by atoms with E-state index in [4.69, 9.17) is 12.2 Å². The average molecular weight is 421 g/mol. The highest BCUT2D eigenvalue weighted by molar-refractivity contribution is 7.98. The third kappa shape index (κ3) is 7.22. The highest BCUT2D eigenvalue weighted by atomic mass is 32.2. The first kappa shape index (κ1) is 21.4. The van der Waals surface area contributed by atoms with Crippen LogP contribution in [0.2, 0.25) is 0 Å². The van der Waals surface area contributed by atoms with Gasteiger partial charge in [0.05, 0.1) is 6.04 Å². The van der Waals surface area contributed by atoms with E-state index in [0.29, 0.717) is 11.0 Å². The quantitative estimate of drug-likeness (QED) is 0.301. The van der Waals surface area contributed by atoms with Gasteiger partial charge in [0, 0.05) is 16.3 Å². The maximum atomic E-state index is 5.59. The van der Waals surface area contributed by atoms with Gasteiger partial charge in [-0.25, -0.2) is 0 Å². The minimum Gasteiger partial charge on any atom is -0.356 e. The van der Waals surface area contributed by atoms with Gasteiger partial charge >= 0.3 is 0 Å². The van der Waals surface area contributed by atoms with Crippen molar-refractivity contribution in [3.63, 3.8) is 0 Å². The van der Waals surface area contributed by atoms with E-state index in [2.05, 4.69) is 97.3 Å². The fraction of sp³-hybridized carbons (Fsp3) is 0.240. The Morgan fingerprint density at radius 2 is 1.48 bits per heavy atom. The van der Waals surface area contributed by atoms with Crippen molar-refractivity contribution >= 4 is 34.8 Å². The molecule has 0 spiro atoms. The topological polar surface area (TPSA) is 24.1 Å². The second kappa shape index (κ2) is 11.0. The van der Waals surface area contributed by atoms with Crippen molar-refractivity contribution in [3.8, 4) is 0 Å². The highest BCUT2D eigenvalue weighted by Crippen LogP contribution is 2.24. The molecule has 0 heterocycles. The molecule has 2 N–H and O–H groups in total. The second-order valence-electron chi connectivity index (χ2n) is 7.49. The molecule has 3 aromatic rings. The molecule has 3 rings (SSSR count). The lowest BCUT2D eigenvalue weighted by atomic mass is 9.97. The van der Waals surface area contributed by atoms with Crippen LogP contribution in [0.25, 0.3) is 0 Å². The molecular weight excluding hydrogens is 392 g/mol. The van der Waals surface area contributed by atoms with Crippen LogP contribution in [-0.2, 0) is 5.75 Å². The van der Waals surface area contributed by atoms with Crippen LogP contribution in [0.4, 0.5) is 5.69 Å². The monoisotopic (exact) mass is 420 g/mol. The van der Waals surface area contributed by atoms with Gasteiger partial charge in [0.1, 0.15) is 0 Å². The van der Waals surface area contributed by atoms with Crippen molar-refractivity contribution in [2.75, 3.05) is 5.32 Å². The molecule has 2 nitrogen and oxygen atoms in total. The molecule has 0 saturated heterocycles. The largest absolute Gasteiger partial charge is 0.356 e. The Morgan fingerprint density at radius 1 is 0.862 bits per heavy atom. The Bertz CT molecular complexity index is 878. The SMILES string of the molecule is CC(C)C[C@H](NC(=S)Nc1ccc(CSc2ccccc2)cc1)c1ccccc1. The van der Waals surface area contributed by atoms with E-state index >= 15 is 0 Å². The van der Waals surface area contributed by atoms with Gasteiger partial charge in [0.2, 0.25) is 0 Å². The summed E-state index contributed by atoms with van der Waals surface area (Å²) in [6.07, 6.45) is 1.03. The summed E-state index contributed by atoms with van der Waals surface area (Å²) in [5, 5.41) is 7.48. The van der Waals surface area contributed by atoms with Gasteiger partial charge < -0.3 is 10.6 Å². The molecule has 0 aliphatic heterocycles. The molecule has 0 aromatic heterocycles. The first-order valence-corrected chi connectivity index (χ1v) is 11.4. The predicted octanol–water partition coefficient (Wildman–Crippen LogP) is 7.05. The molecule has 29 heavy (non-hydrogen) atoms. The summed E-state index contributed by atoms with van der Waals surface area (Å²) in [5.74, 6) is 1.54. The summed E-state index contributed by atoms with van der Waals surface area (Å²) in [7, 11) is 0. The van der Waals surface area contributed by atoms with Gasteiger partial charge in [-0.1, -0.05) is 74.5 Å². The summed E-state index contributed by atoms with van der Waals surface area (Å²) < 4.78 is 0. The summed E-state index contributed by atoms with van der Waals surface area (Å²) in [5.41, 5.74) is 3.57. The fourth-order valence-electron chi connectivity index (χ4n) is 3.13. The van der Waals surface area contributed by atoms with Crippen molar-refractivity contribution in [3.05, 3.63) is 96.1 Å². The fourth-order valence-corrected chi connectivity index (χ4v) is 4.26. The Morgan fingerprint density at radius 3 is 2.10 bits per heavy atom. The molecule has 0 amide bonds. The lowest BCUT2D eigenvalue weighted by molar-refractivity contribution is 0.481. The number of hydrogen-bond donors (Lipinski definition) is 2. The van der Waals surface area contributed by atoms with Crippen molar-refractivity contribution in [1.29, 1.82) is 0 Å². The molecule has 150 valence electrons. The smallest absolute Gasteiger partial charge is 0.171 e. The Kier molecular flexibility index (Phi) is 8.14. The van der Waals surface area contributed by atoms with Crippen LogP contribution in [0, 0.1) is 5.92 Å². The Hall–Kier alpha value is -2.30. The molecule has 1 atom stereocenters. The molecule has 0 saturated carbocycles. The van der Waals surface area contributed by atoms with Gasteiger partial charge in [0.15, 0.2) is 5.11 Å². The zero-order valence-electron chi connectivity index (χ0n) is 17.0. The number of rotatable bonds is 8. The average Bonchev–Trinajstić information content (AvgIpc) is 2.74. The minimum atomic E-state index is 0.206. The number of nitrogens with one attached hydrogen (secondary N) is 2. The normalized spacial score (nSPS) is 11.8. The molecule has 0 aliphatic carbocycles. The maximum absolute atomic E-state index is 5.59. The second-order valence-corrected chi connectivity index (χ2v) is 8.95. The van der Waals surface area contributed by atoms with E-state index in [1.54, 1.807) is 0 Å². The molecule has 0 fully saturated rings. The number of anilines is 1. The highest BCUT2D eigenvalue weighted by Gasteiger charge is 2.14. The minimum absolute atomic E-state index is 0.206. The summed E-state index contributed by atoms with van der Waals surface area (Å²) in [6, 6.07) is 29.7. The van der Waals surface area contributed by atoms with E-state index in [-0.39, 0.29) is 6.04 Å². The first-order chi connectivity index (χ1) is 14.1. The predicted molar refractivity (Wildman–Crippen MR) is 130 cm³/mol. The lowest BCUT2D eigenvalue weighted by Crippen LogP contribution is -2.33. The van der Waals surface area contributed by atoms with Crippen molar-refractivity contribution < 1.29 is 0 Å². The van der Waals surface area contributed by atoms with Gasteiger partial charge in [-0.15, -0.1) is 11.8 Å². The van der Waals surface area contributed by atoms with Crippen LogP contribution in [0.15, 0.2) is 89.8 Å². The summed E-state index contributed by atoms with van der Waals surface area (Å²) >= 11 is 7.43. The third-order valence-electron chi connectivity index (χ3n) is 4.57. The van der Waals surface area contributed by atoms with Gasteiger partial charge in [-0.3, -0.25) is 0 Å². The van der Waals surface area contributed by atoms with Crippen LogP contribution in [0.5, 0.6) is 0 Å². The van der Waals surface area contributed by atoms with Crippen LogP contribution >= 0.6 is 24.0 Å². The van der Waals surface area contributed by atoms with Gasteiger partial charge in [0.25, 0.3) is 0 Å². The van der Waals surface area contributed by atoms with E-state index in [0.717, 1.165) is 17.9 Å². The molecular formula is C25H28N2S2. The van der Waals surface area contributed by atoms with E-state index < -0.39 is 0 Å². The molecule has 4 heteroatoms. The van der Waals surface area contributed by atoms with Crippen LogP contribution in [0.1, 0.15) is 37.4 Å². The number of benzene rings is 3. The zero-order valence-corrected chi connectivity index (χ0v) is 18.6. The zero-order chi connectivity index (χ0) is 20.5. The summed E-state index contributed by atoms with van der Waals surface area (Å²) in [4.78, 5) is 1.29. The van der Waals surface area contributed by atoms with E-state index in [9.17, 15) is 0 Å². The van der Waals surface area contributed by atoms with Crippen LogP contribution in [0.3, 0.4) is 0 Å². The number of thiocarbonyl (C=S) groups is 1. The Labute approximate surface area is 184 Å². The molecule has 0 radical (unpaired) electrons. The van der Waals surface area contributed by atoms with Crippen molar-refractivity contribution in [2.45, 2.75) is 37.0 Å². The molecule has 0 unspecified atom stereocenters. The number of thioether (sulfide) groups is 1. The van der Waals surface area contributed by atoms with Crippen LogP contribution < -0.4 is 10.6 Å². The maximum Gasteiger partial charge on any atom is 0.171 e. The molecule has 3 aromatic carbocycles. The number of hydrogen-bond acceptors (Lipinski definition) is 2. The molecule has 0 aliphatic rings. The Balaban J connectivity index is 1.55. The van der Waals surface area contributed by atoms with E-state index in [1.807, 2.05) is 23.9 Å². The van der Waals surface area contributed by atoms with E-state index in [1.165, 1.54) is 16.0 Å². The van der Waals surface area contributed by atoms with Gasteiger partial charge in [-0.2, -0.15) is 0 Å². The summed E-state index contributed by atoms with van der Waals surface area (Å²) in [6.45, 7) is 4.47. The van der Waals surface area contributed by atoms with Crippen LogP contribution in [-0.4, -0.2) is 5.11 Å². The first-order valence-electron chi connectivity index (χ1n) is 9.99. The third-order valence-corrected chi connectivity index (χ3v) is 5.88. The van der Waals surface area contributed by atoms with Crippen molar-refractivity contribution in [1.82, 2.24) is 5.32 Å². The van der Waals surface area contributed by atoms with Gasteiger partial charge in [-0.05, 0) is 59.9 Å². The van der Waals surface area contributed by atoms with Crippen molar-refractivity contribution in [2.24, 2.45) is 5.92 Å². The lowest BCUT2D eigenvalue weighted by Gasteiger charge is -2.23. The molecule has 0 bridgehead atoms.